The van der Waals surface area contributed by atoms with Gasteiger partial charge in [0.1, 0.15) is 5.82 Å². The molecule has 1 aromatic carbocycles. The molecular formula is C15H21BrFNO2. The van der Waals surface area contributed by atoms with Crippen molar-refractivity contribution in [3.63, 3.8) is 0 Å². The molecule has 1 aliphatic rings. The zero-order valence-electron chi connectivity index (χ0n) is 11.5. The summed E-state index contributed by atoms with van der Waals surface area (Å²) in [6, 6.07) is 4.99. The molecule has 1 N–H and O–H groups in total. The van der Waals surface area contributed by atoms with Gasteiger partial charge in [0.25, 0.3) is 0 Å². The van der Waals surface area contributed by atoms with Crippen molar-refractivity contribution in [2.75, 3.05) is 26.4 Å². The average Bonchev–Trinajstić information content (AvgIpc) is 2.94. The van der Waals surface area contributed by atoms with Gasteiger partial charge in [-0.1, -0.05) is 15.9 Å². The Bertz CT molecular complexity index is 411. The summed E-state index contributed by atoms with van der Waals surface area (Å²) in [6.07, 6.45) is 3.47. The van der Waals surface area contributed by atoms with E-state index in [0.717, 1.165) is 36.9 Å². The fourth-order valence-corrected chi connectivity index (χ4v) is 2.60. The Morgan fingerprint density at radius 2 is 2.35 bits per heavy atom. The van der Waals surface area contributed by atoms with Crippen LogP contribution >= 0.6 is 15.9 Å². The van der Waals surface area contributed by atoms with Crippen molar-refractivity contribution in [2.45, 2.75) is 31.9 Å². The van der Waals surface area contributed by atoms with Gasteiger partial charge in [0.2, 0.25) is 0 Å². The minimum absolute atomic E-state index is 0.171. The molecule has 0 aromatic heterocycles. The van der Waals surface area contributed by atoms with Gasteiger partial charge in [-0.2, -0.15) is 0 Å². The van der Waals surface area contributed by atoms with Gasteiger partial charge in [0.05, 0.1) is 12.7 Å². The molecular weight excluding hydrogens is 325 g/mol. The number of rotatable bonds is 8. The molecule has 1 aliphatic heterocycles. The Morgan fingerprint density at radius 3 is 3.15 bits per heavy atom. The number of halogens is 2. The van der Waals surface area contributed by atoms with Gasteiger partial charge in [0.15, 0.2) is 0 Å². The normalized spacial score (nSPS) is 18.6. The molecule has 2 rings (SSSR count). The van der Waals surface area contributed by atoms with Gasteiger partial charge in [-0.05, 0) is 44.0 Å². The maximum atomic E-state index is 13.5. The van der Waals surface area contributed by atoms with Crippen LogP contribution in [0.2, 0.25) is 0 Å². The third-order valence-corrected chi connectivity index (χ3v) is 3.79. The van der Waals surface area contributed by atoms with E-state index in [0.29, 0.717) is 31.4 Å². The summed E-state index contributed by atoms with van der Waals surface area (Å²) in [5.74, 6) is -0.171. The van der Waals surface area contributed by atoms with Gasteiger partial charge < -0.3 is 14.8 Å². The monoisotopic (exact) mass is 345 g/mol. The quantitative estimate of drug-likeness (QED) is 0.733. The van der Waals surface area contributed by atoms with Gasteiger partial charge in [0, 0.05) is 29.8 Å². The standard InChI is InChI=1S/C15H21BrFNO2/c16-13-4-5-15(17)12(9-13)10-18-6-2-7-19-11-14-3-1-8-20-14/h4-5,9,14,18H,1-3,6-8,10-11H2. The Balaban J connectivity index is 1.51. The SMILES string of the molecule is Fc1ccc(Br)cc1CNCCCOCC1CCCO1. The zero-order chi connectivity index (χ0) is 14.2. The summed E-state index contributed by atoms with van der Waals surface area (Å²) >= 11 is 3.35. The summed E-state index contributed by atoms with van der Waals surface area (Å²) < 4.78 is 25.4. The maximum absolute atomic E-state index is 13.5. The molecule has 0 spiro atoms. The van der Waals surface area contributed by atoms with E-state index in [4.69, 9.17) is 9.47 Å². The van der Waals surface area contributed by atoms with Crippen molar-refractivity contribution < 1.29 is 13.9 Å². The van der Waals surface area contributed by atoms with Crippen molar-refractivity contribution in [3.05, 3.63) is 34.1 Å². The first-order valence-corrected chi connectivity index (χ1v) is 7.89. The predicted octanol–water partition coefficient (Wildman–Crippen LogP) is 3.26. The lowest BCUT2D eigenvalue weighted by atomic mass is 10.2. The maximum Gasteiger partial charge on any atom is 0.127 e. The number of ether oxygens (including phenoxy) is 2. The zero-order valence-corrected chi connectivity index (χ0v) is 13.1. The fraction of sp³-hybridized carbons (Fsp3) is 0.600. The number of hydrogen-bond acceptors (Lipinski definition) is 3. The largest absolute Gasteiger partial charge is 0.379 e. The van der Waals surface area contributed by atoms with Crippen LogP contribution in [0.15, 0.2) is 22.7 Å². The van der Waals surface area contributed by atoms with E-state index in [1.165, 1.54) is 6.07 Å². The first-order valence-electron chi connectivity index (χ1n) is 7.09. The van der Waals surface area contributed by atoms with Gasteiger partial charge in [-0.3, -0.25) is 0 Å². The van der Waals surface area contributed by atoms with Crippen molar-refractivity contribution in [1.82, 2.24) is 5.32 Å². The van der Waals surface area contributed by atoms with Crippen LogP contribution in [0.5, 0.6) is 0 Å². The second-order valence-corrected chi connectivity index (χ2v) is 5.89. The highest BCUT2D eigenvalue weighted by atomic mass is 79.9. The Kier molecular flexibility index (Phi) is 6.93. The molecule has 20 heavy (non-hydrogen) atoms. The Labute approximate surface area is 128 Å². The molecule has 0 bridgehead atoms. The second-order valence-electron chi connectivity index (χ2n) is 4.98. The summed E-state index contributed by atoms with van der Waals surface area (Å²) in [4.78, 5) is 0. The second kappa shape index (κ2) is 8.72. The molecule has 0 saturated carbocycles. The van der Waals surface area contributed by atoms with Crippen molar-refractivity contribution >= 4 is 15.9 Å². The van der Waals surface area contributed by atoms with Crippen LogP contribution in [0, 0.1) is 5.82 Å². The molecule has 1 aromatic rings. The van der Waals surface area contributed by atoms with Crippen LogP contribution < -0.4 is 5.32 Å². The highest BCUT2D eigenvalue weighted by molar-refractivity contribution is 9.10. The van der Waals surface area contributed by atoms with Gasteiger partial charge in [-0.15, -0.1) is 0 Å². The van der Waals surface area contributed by atoms with Crippen LogP contribution in [-0.4, -0.2) is 32.5 Å². The van der Waals surface area contributed by atoms with Gasteiger partial charge in [-0.25, -0.2) is 4.39 Å². The van der Waals surface area contributed by atoms with E-state index in [1.54, 1.807) is 12.1 Å². The lowest BCUT2D eigenvalue weighted by molar-refractivity contribution is 0.0166. The first kappa shape index (κ1) is 15.9. The predicted molar refractivity (Wildman–Crippen MR) is 80.2 cm³/mol. The highest BCUT2D eigenvalue weighted by Crippen LogP contribution is 2.15. The van der Waals surface area contributed by atoms with E-state index in [-0.39, 0.29) is 5.82 Å². The average molecular weight is 346 g/mol. The van der Waals surface area contributed by atoms with Crippen molar-refractivity contribution in [2.24, 2.45) is 0 Å². The first-order chi connectivity index (χ1) is 9.75. The van der Waals surface area contributed by atoms with Crippen LogP contribution in [0.1, 0.15) is 24.8 Å². The lowest BCUT2D eigenvalue weighted by Crippen LogP contribution is -2.19. The summed E-state index contributed by atoms with van der Waals surface area (Å²) in [6.45, 7) is 3.64. The summed E-state index contributed by atoms with van der Waals surface area (Å²) in [5, 5.41) is 3.23. The molecule has 1 fully saturated rings. The molecule has 1 unspecified atom stereocenters. The lowest BCUT2D eigenvalue weighted by Gasteiger charge is -2.10. The van der Waals surface area contributed by atoms with Crippen molar-refractivity contribution in [3.8, 4) is 0 Å². The Hall–Kier alpha value is -0.490. The molecule has 1 atom stereocenters. The van der Waals surface area contributed by atoms with Crippen LogP contribution in [-0.2, 0) is 16.0 Å². The van der Waals surface area contributed by atoms with E-state index in [1.807, 2.05) is 0 Å². The molecule has 3 nitrogen and oxygen atoms in total. The van der Waals surface area contributed by atoms with E-state index < -0.39 is 0 Å². The van der Waals surface area contributed by atoms with Gasteiger partial charge >= 0.3 is 0 Å². The third kappa shape index (κ3) is 5.48. The van der Waals surface area contributed by atoms with Crippen LogP contribution in [0.4, 0.5) is 4.39 Å². The van der Waals surface area contributed by atoms with E-state index in [2.05, 4.69) is 21.2 Å². The highest BCUT2D eigenvalue weighted by Gasteiger charge is 2.14. The van der Waals surface area contributed by atoms with E-state index >= 15 is 0 Å². The van der Waals surface area contributed by atoms with Crippen LogP contribution in [0.3, 0.4) is 0 Å². The third-order valence-electron chi connectivity index (χ3n) is 3.29. The molecule has 0 aliphatic carbocycles. The smallest absolute Gasteiger partial charge is 0.127 e. The molecule has 1 saturated heterocycles. The summed E-state index contributed by atoms with van der Waals surface area (Å²) in [5.41, 5.74) is 0.680. The topological polar surface area (TPSA) is 30.5 Å². The van der Waals surface area contributed by atoms with Crippen LogP contribution in [0.25, 0.3) is 0 Å². The molecule has 112 valence electrons. The number of nitrogens with one attached hydrogen (secondary N) is 1. The van der Waals surface area contributed by atoms with E-state index in [9.17, 15) is 4.39 Å². The molecule has 0 amide bonds. The number of hydrogen-bond donors (Lipinski definition) is 1. The van der Waals surface area contributed by atoms with Crippen molar-refractivity contribution in [1.29, 1.82) is 0 Å². The minimum Gasteiger partial charge on any atom is -0.379 e. The molecule has 5 heteroatoms. The minimum atomic E-state index is -0.171. The molecule has 0 radical (unpaired) electrons. The summed E-state index contributed by atoms with van der Waals surface area (Å²) in [7, 11) is 0. The Morgan fingerprint density at radius 1 is 1.45 bits per heavy atom. The number of benzene rings is 1. The fourth-order valence-electron chi connectivity index (χ4n) is 2.19. The molecule has 1 heterocycles.